The fourth-order valence-corrected chi connectivity index (χ4v) is 3.18. The fourth-order valence-electron chi connectivity index (χ4n) is 3.18. The molecule has 0 saturated carbocycles. The molecule has 6 nitrogen and oxygen atoms in total. The topological polar surface area (TPSA) is 76.7 Å². The van der Waals surface area contributed by atoms with E-state index in [9.17, 15) is 9.59 Å². The number of benzene rings is 1. The van der Waals surface area contributed by atoms with Crippen molar-refractivity contribution in [3.05, 3.63) is 35.9 Å². The van der Waals surface area contributed by atoms with Crippen molar-refractivity contribution in [1.29, 1.82) is 0 Å². The standard InChI is InChI=1S/C23H34N2O4/c1-17(2)9-6-4-5-7-11-22(26)25-16-18-12-13-20(21(15-18)28-3)29-23(27)19-10-8-14-24-19/h6,9,12-13,15,17,19,24H,4-5,7-8,10-11,14,16H2,1-3H3,(H,25,26)/b9-6+/t19-/m0/s1. The summed E-state index contributed by atoms with van der Waals surface area (Å²) in [6.45, 7) is 5.57. The van der Waals surface area contributed by atoms with Gasteiger partial charge in [-0.15, -0.1) is 0 Å². The van der Waals surface area contributed by atoms with Crippen LogP contribution in [0.5, 0.6) is 11.5 Å². The van der Waals surface area contributed by atoms with Gasteiger partial charge < -0.3 is 20.1 Å². The van der Waals surface area contributed by atoms with Crippen LogP contribution in [-0.4, -0.2) is 31.6 Å². The fraction of sp³-hybridized carbons (Fsp3) is 0.565. The molecule has 2 rings (SSSR count). The molecule has 1 saturated heterocycles. The molecular weight excluding hydrogens is 368 g/mol. The summed E-state index contributed by atoms with van der Waals surface area (Å²) in [4.78, 5) is 24.2. The molecule has 1 aromatic carbocycles. The Morgan fingerprint density at radius 3 is 2.79 bits per heavy atom. The van der Waals surface area contributed by atoms with Crippen molar-refractivity contribution >= 4 is 11.9 Å². The van der Waals surface area contributed by atoms with Crippen LogP contribution in [0, 0.1) is 5.92 Å². The van der Waals surface area contributed by atoms with Crippen LogP contribution in [0.1, 0.15) is 57.9 Å². The number of rotatable bonds is 11. The van der Waals surface area contributed by atoms with E-state index in [0.717, 1.165) is 44.2 Å². The summed E-state index contributed by atoms with van der Waals surface area (Å²) in [7, 11) is 1.54. The summed E-state index contributed by atoms with van der Waals surface area (Å²) in [5, 5.41) is 6.06. The summed E-state index contributed by atoms with van der Waals surface area (Å²) in [5.41, 5.74) is 0.897. The minimum absolute atomic E-state index is 0.0413. The second-order valence-corrected chi connectivity index (χ2v) is 7.75. The average molecular weight is 403 g/mol. The number of unbranched alkanes of at least 4 members (excludes halogenated alkanes) is 2. The highest BCUT2D eigenvalue weighted by Crippen LogP contribution is 2.29. The summed E-state index contributed by atoms with van der Waals surface area (Å²) in [6, 6.07) is 5.10. The van der Waals surface area contributed by atoms with Gasteiger partial charge in [-0.2, -0.15) is 0 Å². The lowest BCUT2D eigenvalue weighted by atomic mass is 10.1. The highest BCUT2D eigenvalue weighted by atomic mass is 16.6. The van der Waals surface area contributed by atoms with Crippen LogP contribution in [0.15, 0.2) is 30.4 Å². The van der Waals surface area contributed by atoms with Gasteiger partial charge in [-0.1, -0.05) is 32.1 Å². The molecule has 0 aliphatic carbocycles. The van der Waals surface area contributed by atoms with Crippen LogP contribution >= 0.6 is 0 Å². The molecule has 0 radical (unpaired) electrons. The van der Waals surface area contributed by atoms with E-state index in [1.165, 1.54) is 7.11 Å². The first-order valence-electron chi connectivity index (χ1n) is 10.5. The number of carbonyl (C=O) groups is 2. The van der Waals surface area contributed by atoms with Crippen LogP contribution < -0.4 is 20.1 Å². The summed E-state index contributed by atoms with van der Waals surface area (Å²) >= 11 is 0. The van der Waals surface area contributed by atoms with Crippen LogP contribution in [0.4, 0.5) is 0 Å². The third kappa shape index (κ3) is 8.28. The van der Waals surface area contributed by atoms with E-state index in [-0.39, 0.29) is 17.9 Å². The van der Waals surface area contributed by atoms with Crippen LogP contribution in [0.25, 0.3) is 0 Å². The van der Waals surface area contributed by atoms with Gasteiger partial charge in [0.1, 0.15) is 6.04 Å². The van der Waals surface area contributed by atoms with Crippen molar-refractivity contribution in [1.82, 2.24) is 10.6 Å². The van der Waals surface area contributed by atoms with Crippen molar-refractivity contribution in [2.75, 3.05) is 13.7 Å². The molecule has 0 spiro atoms. The molecule has 2 N–H and O–H groups in total. The second kappa shape index (κ2) is 12.3. The van der Waals surface area contributed by atoms with Gasteiger partial charge in [-0.05, 0) is 62.3 Å². The van der Waals surface area contributed by atoms with Crippen molar-refractivity contribution in [2.24, 2.45) is 5.92 Å². The Balaban J connectivity index is 1.76. The molecule has 1 fully saturated rings. The lowest BCUT2D eigenvalue weighted by Crippen LogP contribution is -2.34. The minimum atomic E-state index is -0.287. The Labute approximate surface area is 174 Å². The molecule has 0 unspecified atom stereocenters. The molecule has 6 heteroatoms. The van der Waals surface area contributed by atoms with Crippen LogP contribution in [0.2, 0.25) is 0 Å². The zero-order chi connectivity index (χ0) is 21.1. The SMILES string of the molecule is COc1cc(CNC(=O)CCCC/C=C/C(C)C)ccc1OC(=O)[C@@H]1CCCN1. The maximum Gasteiger partial charge on any atom is 0.328 e. The second-order valence-electron chi connectivity index (χ2n) is 7.75. The van der Waals surface area contributed by atoms with E-state index < -0.39 is 0 Å². The molecule has 1 atom stereocenters. The van der Waals surface area contributed by atoms with Crippen molar-refractivity contribution in [2.45, 2.75) is 65.0 Å². The van der Waals surface area contributed by atoms with Crippen molar-refractivity contribution < 1.29 is 19.1 Å². The highest BCUT2D eigenvalue weighted by molar-refractivity contribution is 5.79. The number of hydrogen-bond acceptors (Lipinski definition) is 5. The molecule has 160 valence electrons. The maximum atomic E-state index is 12.2. The van der Waals surface area contributed by atoms with Gasteiger partial charge in [0.05, 0.1) is 7.11 Å². The molecular formula is C23H34N2O4. The van der Waals surface area contributed by atoms with Crippen molar-refractivity contribution in [3.63, 3.8) is 0 Å². The number of carbonyl (C=O) groups excluding carboxylic acids is 2. The van der Waals surface area contributed by atoms with E-state index in [2.05, 4.69) is 36.6 Å². The molecule has 1 heterocycles. The Bertz CT molecular complexity index is 694. The third-order valence-electron chi connectivity index (χ3n) is 4.82. The molecule has 1 amide bonds. The molecule has 1 aromatic rings. The number of methoxy groups -OCH3 is 1. The third-order valence-corrected chi connectivity index (χ3v) is 4.82. The van der Waals surface area contributed by atoms with Gasteiger partial charge >= 0.3 is 5.97 Å². The van der Waals surface area contributed by atoms with E-state index in [4.69, 9.17) is 9.47 Å². The quantitative estimate of drug-likeness (QED) is 0.255. The van der Waals surface area contributed by atoms with E-state index in [1.807, 2.05) is 6.07 Å². The van der Waals surface area contributed by atoms with Crippen LogP contribution in [0.3, 0.4) is 0 Å². The first-order chi connectivity index (χ1) is 14.0. The Morgan fingerprint density at radius 2 is 2.10 bits per heavy atom. The summed E-state index contributed by atoms with van der Waals surface area (Å²) in [6.07, 6.45) is 9.58. The number of amides is 1. The largest absolute Gasteiger partial charge is 0.493 e. The lowest BCUT2D eigenvalue weighted by molar-refractivity contribution is -0.136. The van der Waals surface area contributed by atoms with E-state index >= 15 is 0 Å². The highest BCUT2D eigenvalue weighted by Gasteiger charge is 2.24. The number of hydrogen-bond donors (Lipinski definition) is 2. The maximum absolute atomic E-state index is 12.2. The van der Waals surface area contributed by atoms with Gasteiger partial charge in [0, 0.05) is 13.0 Å². The minimum Gasteiger partial charge on any atom is -0.493 e. The first-order valence-corrected chi connectivity index (χ1v) is 10.5. The van der Waals surface area contributed by atoms with Gasteiger partial charge in [0.15, 0.2) is 11.5 Å². The normalized spacial score (nSPS) is 16.3. The molecule has 1 aliphatic heterocycles. The van der Waals surface area contributed by atoms with Crippen LogP contribution in [-0.2, 0) is 16.1 Å². The predicted molar refractivity (Wildman–Crippen MR) is 114 cm³/mol. The molecule has 0 aromatic heterocycles. The number of allylic oxidation sites excluding steroid dienone is 2. The molecule has 1 aliphatic rings. The Hall–Kier alpha value is -2.34. The van der Waals surface area contributed by atoms with Gasteiger partial charge in [0.25, 0.3) is 0 Å². The monoisotopic (exact) mass is 402 g/mol. The smallest absolute Gasteiger partial charge is 0.328 e. The van der Waals surface area contributed by atoms with Gasteiger partial charge in [0.2, 0.25) is 5.91 Å². The zero-order valence-corrected chi connectivity index (χ0v) is 17.8. The molecule has 29 heavy (non-hydrogen) atoms. The lowest BCUT2D eigenvalue weighted by Gasteiger charge is -2.14. The molecule has 0 bridgehead atoms. The number of ether oxygens (including phenoxy) is 2. The summed E-state index contributed by atoms with van der Waals surface area (Å²) < 4.78 is 10.8. The number of nitrogens with one attached hydrogen (secondary N) is 2. The summed E-state index contributed by atoms with van der Waals surface area (Å²) in [5.74, 6) is 1.21. The average Bonchev–Trinajstić information content (AvgIpc) is 3.24. The van der Waals surface area contributed by atoms with E-state index in [1.54, 1.807) is 12.1 Å². The predicted octanol–water partition coefficient (Wildman–Crippen LogP) is 3.74. The first kappa shape index (κ1) is 22.9. The van der Waals surface area contributed by atoms with Gasteiger partial charge in [-0.25, -0.2) is 4.79 Å². The Morgan fingerprint density at radius 1 is 1.28 bits per heavy atom. The Kier molecular flexibility index (Phi) is 9.71. The van der Waals surface area contributed by atoms with E-state index in [0.29, 0.717) is 30.4 Å². The van der Waals surface area contributed by atoms with Crippen molar-refractivity contribution in [3.8, 4) is 11.5 Å². The van der Waals surface area contributed by atoms with Gasteiger partial charge in [-0.3, -0.25) is 4.79 Å². The zero-order valence-electron chi connectivity index (χ0n) is 17.8. The number of esters is 1.